The van der Waals surface area contributed by atoms with Crippen LogP contribution in [0.5, 0.6) is 0 Å². The molecule has 120 valence electrons. The van der Waals surface area contributed by atoms with Crippen LogP contribution in [0.15, 0.2) is 23.1 Å². The highest BCUT2D eigenvalue weighted by atomic mass is 32.2. The standard InChI is InChI=1S/C15H26N2O3S/c1-5-8-17(10-9-16(3)4)21(19,20)15-7-6-13(2)14(11-15)12-18/h6-7,11,18H,5,8-10,12H2,1-4H3. The fraction of sp³-hybridized carbons (Fsp3) is 0.600. The van der Waals surface area contributed by atoms with Crippen molar-refractivity contribution in [3.63, 3.8) is 0 Å². The Balaban J connectivity index is 3.09. The van der Waals surface area contributed by atoms with Gasteiger partial charge in [-0.3, -0.25) is 0 Å². The molecule has 21 heavy (non-hydrogen) atoms. The molecule has 1 aromatic carbocycles. The normalized spacial score (nSPS) is 12.3. The second-order valence-corrected chi connectivity index (χ2v) is 7.39. The zero-order valence-electron chi connectivity index (χ0n) is 13.3. The van der Waals surface area contributed by atoms with Crippen LogP contribution in [0.4, 0.5) is 0 Å². The van der Waals surface area contributed by atoms with Gasteiger partial charge in [0.25, 0.3) is 0 Å². The van der Waals surface area contributed by atoms with E-state index in [0.29, 0.717) is 25.2 Å². The third-order valence-corrected chi connectivity index (χ3v) is 5.29. The number of aryl methyl sites for hydroxylation is 1. The van der Waals surface area contributed by atoms with Crippen LogP contribution in [0.3, 0.4) is 0 Å². The van der Waals surface area contributed by atoms with Gasteiger partial charge < -0.3 is 10.0 Å². The molecule has 5 nitrogen and oxygen atoms in total. The highest BCUT2D eigenvalue weighted by molar-refractivity contribution is 7.89. The van der Waals surface area contributed by atoms with Crippen molar-refractivity contribution in [2.45, 2.75) is 31.8 Å². The van der Waals surface area contributed by atoms with Crippen molar-refractivity contribution in [2.24, 2.45) is 0 Å². The first-order chi connectivity index (χ1) is 9.82. The molecule has 1 rings (SSSR count). The number of aliphatic hydroxyl groups excluding tert-OH is 1. The lowest BCUT2D eigenvalue weighted by Gasteiger charge is -2.23. The van der Waals surface area contributed by atoms with Crippen molar-refractivity contribution < 1.29 is 13.5 Å². The van der Waals surface area contributed by atoms with E-state index in [-0.39, 0.29) is 11.5 Å². The maximum atomic E-state index is 12.7. The number of hydrogen-bond acceptors (Lipinski definition) is 4. The van der Waals surface area contributed by atoms with Crippen molar-refractivity contribution in [3.05, 3.63) is 29.3 Å². The maximum absolute atomic E-state index is 12.7. The van der Waals surface area contributed by atoms with Gasteiger partial charge in [-0.25, -0.2) is 8.42 Å². The minimum atomic E-state index is -3.51. The van der Waals surface area contributed by atoms with Crippen LogP contribution in [0.25, 0.3) is 0 Å². The van der Waals surface area contributed by atoms with E-state index in [2.05, 4.69) is 0 Å². The Morgan fingerprint density at radius 1 is 1.14 bits per heavy atom. The van der Waals surface area contributed by atoms with Crippen LogP contribution in [-0.4, -0.2) is 56.5 Å². The summed E-state index contributed by atoms with van der Waals surface area (Å²) in [5, 5.41) is 9.31. The molecule has 0 atom stereocenters. The Bertz CT molecular complexity index is 556. The van der Waals surface area contributed by atoms with Gasteiger partial charge in [0.15, 0.2) is 0 Å². The first-order valence-corrected chi connectivity index (χ1v) is 8.62. The zero-order chi connectivity index (χ0) is 16.0. The predicted octanol–water partition coefficient (Wildman–Crippen LogP) is 1.45. The van der Waals surface area contributed by atoms with E-state index in [1.165, 1.54) is 4.31 Å². The average molecular weight is 314 g/mol. The number of sulfonamides is 1. The van der Waals surface area contributed by atoms with E-state index in [1.54, 1.807) is 18.2 Å². The van der Waals surface area contributed by atoms with Crippen LogP contribution < -0.4 is 0 Å². The van der Waals surface area contributed by atoms with Gasteiger partial charge in [0.1, 0.15) is 0 Å². The number of rotatable bonds is 8. The quantitative estimate of drug-likeness (QED) is 0.789. The molecule has 0 fully saturated rings. The minimum absolute atomic E-state index is 0.152. The molecule has 0 radical (unpaired) electrons. The first-order valence-electron chi connectivity index (χ1n) is 7.18. The Hall–Kier alpha value is -0.950. The number of hydrogen-bond donors (Lipinski definition) is 1. The molecule has 0 saturated carbocycles. The van der Waals surface area contributed by atoms with Crippen LogP contribution >= 0.6 is 0 Å². The smallest absolute Gasteiger partial charge is 0.243 e. The van der Waals surface area contributed by atoms with Gasteiger partial charge in [-0.2, -0.15) is 4.31 Å². The van der Waals surface area contributed by atoms with E-state index < -0.39 is 10.0 Å². The molecule has 0 bridgehead atoms. The van der Waals surface area contributed by atoms with Crippen LogP contribution in [-0.2, 0) is 16.6 Å². The van der Waals surface area contributed by atoms with E-state index in [0.717, 1.165) is 12.0 Å². The van der Waals surface area contributed by atoms with Gasteiger partial charge in [-0.1, -0.05) is 13.0 Å². The summed E-state index contributed by atoms with van der Waals surface area (Å²) in [4.78, 5) is 2.22. The van der Waals surface area contributed by atoms with Crippen LogP contribution in [0, 0.1) is 6.92 Å². The van der Waals surface area contributed by atoms with Crippen molar-refractivity contribution in [3.8, 4) is 0 Å². The number of likely N-dealkylation sites (N-methyl/N-ethyl adjacent to an activating group) is 1. The number of benzene rings is 1. The topological polar surface area (TPSA) is 60.9 Å². The molecule has 0 aliphatic rings. The Morgan fingerprint density at radius 3 is 2.33 bits per heavy atom. The van der Waals surface area contributed by atoms with Crippen molar-refractivity contribution in [2.75, 3.05) is 33.7 Å². The van der Waals surface area contributed by atoms with Gasteiger partial charge in [0, 0.05) is 19.6 Å². The summed E-state index contributed by atoms with van der Waals surface area (Å²) in [7, 11) is 0.334. The van der Waals surface area contributed by atoms with E-state index in [1.807, 2.05) is 32.8 Å². The minimum Gasteiger partial charge on any atom is -0.392 e. The van der Waals surface area contributed by atoms with E-state index in [4.69, 9.17) is 0 Å². The van der Waals surface area contributed by atoms with Crippen LogP contribution in [0.1, 0.15) is 24.5 Å². The lowest BCUT2D eigenvalue weighted by Crippen LogP contribution is -2.37. The van der Waals surface area contributed by atoms with Crippen molar-refractivity contribution >= 4 is 10.0 Å². The van der Waals surface area contributed by atoms with Gasteiger partial charge in [0.2, 0.25) is 10.0 Å². The molecule has 0 heterocycles. The molecule has 0 amide bonds. The largest absolute Gasteiger partial charge is 0.392 e. The zero-order valence-corrected chi connectivity index (χ0v) is 14.2. The maximum Gasteiger partial charge on any atom is 0.243 e. The summed E-state index contributed by atoms with van der Waals surface area (Å²) in [6, 6.07) is 4.93. The molecule has 1 aromatic rings. The molecule has 0 spiro atoms. The highest BCUT2D eigenvalue weighted by Gasteiger charge is 2.24. The van der Waals surface area contributed by atoms with E-state index >= 15 is 0 Å². The summed E-state index contributed by atoms with van der Waals surface area (Å²) >= 11 is 0. The van der Waals surface area contributed by atoms with Crippen LogP contribution in [0.2, 0.25) is 0 Å². The fourth-order valence-electron chi connectivity index (χ4n) is 2.04. The average Bonchev–Trinajstić information content (AvgIpc) is 2.43. The van der Waals surface area contributed by atoms with Crippen molar-refractivity contribution in [1.82, 2.24) is 9.21 Å². The molecular formula is C15H26N2O3S. The summed E-state index contributed by atoms with van der Waals surface area (Å²) in [6.45, 7) is 5.31. The molecule has 1 N–H and O–H groups in total. The lowest BCUT2D eigenvalue weighted by atomic mass is 10.1. The van der Waals surface area contributed by atoms with Crippen molar-refractivity contribution in [1.29, 1.82) is 0 Å². The highest BCUT2D eigenvalue weighted by Crippen LogP contribution is 2.20. The number of nitrogens with zero attached hydrogens (tertiary/aromatic N) is 2. The Labute approximate surface area is 128 Å². The lowest BCUT2D eigenvalue weighted by molar-refractivity contribution is 0.280. The third kappa shape index (κ3) is 4.78. The molecule has 0 aliphatic carbocycles. The molecule has 0 saturated heterocycles. The molecule has 0 unspecified atom stereocenters. The Kier molecular flexibility index (Phi) is 6.80. The second-order valence-electron chi connectivity index (χ2n) is 5.45. The third-order valence-electron chi connectivity index (χ3n) is 3.40. The summed E-state index contributed by atoms with van der Waals surface area (Å²) < 4.78 is 27.0. The van der Waals surface area contributed by atoms with E-state index in [9.17, 15) is 13.5 Å². The van der Waals surface area contributed by atoms with Gasteiger partial charge in [-0.05, 0) is 50.7 Å². The van der Waals surface area contributed by atoms with Gasteiger partial charge in [-0.15, -0.1) is 0 Å². The molecule has 0 aromatic heterocycles. The van der Waals surface area contributed by atoms with Gasteiger partial charge >= 0.3 is 0 Å². The first kappa shape index (κ1) is 18.1. The Morgan fingerprint density at radius 2 is 1.81 bits per heavy atom. The SMILES string of the molecule is CCCN(CCN(C)C)S(=O)(=O)c1ccc(C)c(CO)c1. The summed E-state index contributed by atoms with van der Waals surface area (Å²) in [6.07, 6.45) is 0.769. The summed E-state index contributed by atoms with van der Waals surface area (Å²) in [5.74, 6) is 0. The molecule has 6 heteroatoms. The predicted molar refractivity (Wildman–Crippen MR) is 84.7 cm³/mol. The monoisotopic (exact) mass is 314 g/mol. The summed E-state index contributed by atoms with van der Waals surface area (Å²) in [5.41, 5.74) is 1.55. The molecule has 0 aliphatic heterocycles. The van der Waals surface area contributed by atoms with Gasteiger partial charge in [0.05, 0.1) is 11.5 Å². The molecular weight excluding hydrogens is 288 g/mol. The number of aliphatic hydroxyl groups is 1. The fourth-order valence-corrected chi connectivity index (χ4v) is 3.62. The second kappa shape index (κ2) is 7.89.